The Hall–Kier alpha value is -1.79. The smallest absolute Gasteiger partial charge is 0.412 e. The number of carbonyl (C=O) groups excluding carboxylic acids is 1. The number of nitrogens with zero attached hydrogens (tertiary/aromatic N) is 1. The summed E-state index contributed by atoms with van der Waals surface area (Å²) in [6.45, 7) is 5.10. The van der Waals surface area contributed by atoms with Gasteiger partial charge in [-0.15, -0.1) is 0 Å². The van der Waals surface area contributed by atoms with E-state index in [0.29, 0.717) is 0 Å². The molecule has 1 fully saturated rings. The third-order valence-corrected chi connectivity index (χ3v) is 2.99. The second-order valence-electron chi connectivity index (χ2n) is 6.18. The van der Waals surface area contributed by atoms with Crippen molar-refractivity contribution in [3.8, 4) is 0 Å². The second-order valence-corrected chi connectivity index (χ2v) is 6.18. The van der Waals surface area contributed by atoms with Crippen LogP contribution in [0.15, 0.2) is 12.3 Å². The Kier molecular flexibility index (Phi) is 3.86. The zero-order chi connectivity index (χ0) is 15.8. The summed E-state index contributed by atoms with van der Waals surface area (Å²) in [6.07, 6.45) is -0.281. The van der Waals surface area contributed by atoms with Crippen molar-refractivity contribution in [3.05, 3.63) is 23.8 Å². The molecule has 1 amide bonds. The lowest BCUT2D eigenvalue weighted by atomic mass is 9.79. The summed E-state index contributed by atoms with van der Waals surface area (Å²) in [5.41, 5.74) is -0.541. The normalized spacial score (nSPS) is 18.0. The maximum atomic E-state index is 13.9. The molecule has 0 radical (unpaired) electrons. The van der Waals surface area contributed by atoms with Gasteiger partial charge in [0.1, 0.15) is 11.4 Å². The summed E-state index contributed by atoms with van der Waals surface area (Å²) in [7, 11) is 0. The van der Waals surface area contributed by atoms with E-state index in [9.17, 15) is 18.0 Å². The molecule has 0 aromatic carbocycles. The average molecular weight is 302 g/mol. The van der Waals surface area contributed by atoms with E-state index in [-0.39, 0.29) is 11.4 Å². The molecule has 7 heteroatoms. The van der Waals surface area contributed by atoms with Crippen LogP contribution in [0.3, 0.4) is 0 Å². The van der Waals surface area contributed by atoms with E-state index in [4.69, 9.17) is 4.74 Å². The topological polar surface area (TPSA) is 51.2 Å². The summed E-state index contributed by atoms with van der Waals surface area (Å²) in [5.74, 6) is -4.01. The summed E-state index contributed by atoms with van der Waals surface area (Å²) in [5, 5.41) is 2.35. The van der Waals surface area contributed by atoms with Gasteiger partial charge in [-0.2, -0.15) is 0 Å². The Morgan fingerprint density at radius 1 is 1.43 bits per heavy atom. The number of aromatic nitrogens is 1. The Morgan fingerprint density at radius 2 is 2.05 bits per heavy atom. The molecule has 1 aromatic heterocycles. The fourth-order valence-corrected chi connectivity index (χ4v) is 2.09. The van der Waals surface area contributed by atoms with Crippen LogP contribution in [0, 0.1) is 5.82 Å². The minimum absolute atomic E-state index is 0.00987. The molecule has 1 saturated carbocycles. The molecule has 0 atom stereocenters. The number of carbonyl (C=O) groups is 1. The van der Waals surface area contributed by atoms with Crippen molar-refractivity contribution >= 4 is 11.8 Å². The minimum Gasteiger partial charge on any atom is -0.444 e. The number of amides is 1. The first-order valence-corrected chi connectivity index (χ1v) is 6.59. The molecule has 4 nitrogen and oxygen atoms in total. The Morgan fingerprint density at radius 3 is 2.52 bits per heavy atom. The van der Waals surface area contributed by atoms with Crippen LogP contribution in [0.2, 0.25) is 0 Å². The summed E-state index contributed by atoms with van der Waals surface area (Å²) >= 11 is 0. The van der Waals surface area contributed by atoms with Crippen molar-refractivity contribution in [1.82, 2.24) is 4.98 Å². The Balaban J connectivity index is 2.01. The standard InChI is InChI=1S/C14H17F3N2O2/c1-13(2,3)21-12(20)19-9-4-10(15)11(18-7-9)8-5-14(16,17)6-8/h4,7-8H,5-6H2,1-3H3,(H,19,20). The highest BCUT2D eigenvalue weighted by Crippen LogP contribution is 2.48. The van der Waals surface area contributed by atoms with Gasteiger partial charge in [-0.3, -0.25) is 10.3 Å². The van der Waals surface area contributed by atoms with E-state index in [2.05, 4.69) is 10.3 Å². The Labute approximate surface area is 120 Å². The lowest BCUT2D eigenvalue weighted by Crippen LogP contribution is -2.34. The SMILES string of the molecule is CC(C)(C)OC(=O)Nc1cnc(C2CC(F)(F)C2)c(F)c1. The molecule has 0 unspecified atom stereocenters. The van der Waals surface area contributed by atoms with E-state index in [0.717, 1.165) is 6.07 Å². The highest BCUT2D eigenvalue weighted by Gasteiger charge is 2.47. The van der Waals surface area contributed by atoms with Crippen LogP contribution in [-0.2, 0) is 4.74 Å². The van der Waals surface area contributed by atoms with Crippen molar-refractivity contribution in [2.24, 2.45) is 0 Å². The van der Waals surface area contributed by atoms with E-state index < -0.39 is 42.2 Å². The molecule has 1 N–H and O–H groups in total. The quantitative estimate of drug-likeness (QED) is 0.895. The molecular formula is C14H17F3N2O2. The zero-order valence-electron chi connectivity index (χ0n) is 12.0. The van der Waals surface area contributed by atoms with Crippen LogP contribution in [0.4, 0.5) is 23.7 Å². The third-order valence-electron chi connectivity index (χ3n) is 2.99. The predicted octanol–water partition coefficient (Wildman–Crippen LogP) is 4.08. The molecule has 0 saturated heterocycles. The predicted molar refractivity (Wildman–Crippen MR) is 71.0 cm³/mol. The number of nitrogens with one attached hydrogen (secondary N) is 1. The zero-order valence-corrected chi connectivity index (χ0v) is 12.0. The van der Waals surface area contributed by atoms with Gasteiger partial charge in [-0.1, -0.05) is 0 Å². The van der Waals surface area contributed by atoms with Crippen molar-refractivity contribution in [3.63, 3.8) is 0 Å². The van der Waals surface area contributed by atoms with Gasteiger partial charge in [0.15, 0.2) is 0 Å². The summed E-state index contributed by atoms with van der Waals surface area (Å²) in [4.78, 5) is 15.4. The van der Waals surface area contributed by atoms with E-state index in [1.165, 1.54) is 6.20 Å². The van der Waals surface area contributed by atoms with Gasteiger partial charge in [0.2, 0.25) is 5.92 Å². The summed E-state index contributed by atoms with van der Waals surface area (Å²) < 4.78 is 44.5. The molecule has 0 spiro atoms. The lowest BCUT2D eigenvalue weighted by Gasteiger charge is -2.34. The van der Waals surface area contributed by atoms with Crippen molar-refractivity contribution in [2.75, 3.05) is 5.32 Å². The number of ether oxygens (including phenoxy) is 1. The Bertz CT molecular complexity index is 548. The van der Waals surface area contributed by atoms with Crippen molar-refractivity contribution in [2.45, 2.75) is 51.1 Å². The molecule has 1 aliphatic rings. The fourth-order valence-electron chi connectivity index (χ4n) is 2.09. The van der Waals surface area contributed by atoms with Gasteiger partial charge in [0.05, 0.1) is 17.6 Å². The number of alkyl halides is 2. The molecule has 1 heterocycles. The number of hydrogen-bond donors (Lipinski definition) is 1. The van der Waals surface area contributed by atoms with Gasteiger partial charge < -0.3 is 4.74 Å². The number of anilines is 1. The highest BCUT2D eigenvalue weighted by atomic mass is 19.3. The second kappa shape index (κ2) is 5.20. The van der Waals surface area contributed by atoms with Crippen molar-refractivity contribution in [1.29, 1.82) is 0 Å². The average Bonchev–Trinajstić information content (AvgIpc) is 2.23. The number of rotatable bonds is 2. The van der Waals surface area contributed by atoms with Crippen LogP contribution in [0.25, 0.3) is 0 Å². The minimum atomic E-state index is -2.73. The van der Waals surface area contributed by atoms with Crippen LogP contribution < -0.4 is 5.32 Å². The largest absolute Gasteiger partial charge is 0.444 e. The fraction of sp³-hybridized carbons (Fsp3) is 0.571. The first-order chi connectivity index (χ1) is 9.56. The molecule has 0 aliphatic heterocycles. The first-order valence-electron chi connectivity index (χ1n) is 6.59. The number of hydrogen-bond acceptors (Lipinski definition) is 3. The van der Waals surface area contributed by atoms with E-state index in [1.807, 2.05) is 0 Å². The van der Waals surface area contributed by atoms with Crippen LogP contribution >= 0.6 is 0 Å². The molecule has 1 aromatic rings. The van der Waals surface area contributed by atoms with Crippen LogP contribution in [0.1, 0.15) is 45.2 Å². The number of pyridine rings is 1. The molecular weight excluding hydrogens is 285 g/mol. The van der Waals surface area contributed by atoms with Gasteiger partial charge in [0.25, 0.3) is 0 Å². The lowest BCUT2D eigenvalue weighted by molar-refractivity contribution is -0.0882. The van der Waals surface area contributed by atoms with Gasteiger partial charge in [-0.05, 0) is 20.8 Å². The van der Waals surface area contributed by atoms with E-state index >= 15 is 0 Å². The van der Waals surface area contributed by atoms with Crippen LogP contribution in [-0.4, -0.2) is 22.6 Å². The van der Waals surface area contributed by atoms with Crippen LogP contribution in [0.5, 0.6) is 0 Å². The molecule has 21 heavy (non-hydrogen) atoms. The maximum absolute atomic E-state index is 13.9. The maximum Gasteiger partial charge on any atom is 0.412 e. The van der Waals surface area contributed by atoms with Gasteiger partial charge in [-0.25, -0.2) is 18.0 Å². The first kappa shape index (κ1) is 15.6. The van der Waals surface area contributed by atoms with Gasteiger partial charge in [0, 0.05) is 24.8 Å². The van der Waals surface area contributed by atoms with E-state index in [1.54, 1.807) is 20.8 Å². The molecule has 2 rings (SSSR count). The highest BCUT2D eigenvalue weighted by molar-refractivity contribution is 5.84. The molecule has 1 aliphatic carbocycles. The van der Waals surface area contributed by atoms with Crippen molar-refractivity contribution < 1.29 is 22.7 Å². The van der Waals surface area contributed by atoms with Gasteiger partial charge >= 0.3 is 6.09 Å². The monoisotopic (exact) mass is 302 g/mol. The summed E-state index contributed by atoms with van der Waals surface area (Å²) in [6, 6.07) is 1.06. The third kappa shape index (κ3) is 4.09. The molecule has 0 bridgehead atoms. The molecule has 116 valence electrons. The number of halogens is 3.